The van der Waals surface area contributed by atoms with Crippen LogP contribution in [-0.4, -0.2) is 33.5 Å². The summed E-state index contributed by atoms with van der Waals surface area (Å²) in [4.78, 5) is 13.2. The number of anilines is 1. The summed E-state index contributed by atoms with van der Waals surface area (Å²) in [6.07, 6.45) is 0.611. The zero-order chi connectivity index (χ0) is 23.2. The van der Waals surface area contributed by atoms with Gasteiger partial charge < -0.3 is 10.1 Å². The van der Waals surface area contributed by atoms with E-state index in [-0.39, 0.29) is 11.4 Å². The molecule has 0 aliphatic heterocycles. The van der Waals surface area contributed by atoms with Crippen LogP contribution in [0, 0.1) is 0 Å². The minimum absolute atomic E-state index is 0.0993. The van der Waals surface area contributed by atoms with E-state index >= 15 is 0 Å². The third-order valence-corrected chi connectivity index (χ3v) is 6.71. The second kappa shape index (κ2) is 9.87. The zero-order valence-electron chi connectivity index (χ0n) is 18.5. The second-order valence-electron chi connectivity index (χ2n) is 8.09. The van der Waals surface area contributed by atoms with E-state index in [4.69, 9.17) is 4.74 Å². The van der Waals surface area contributed by atoms with Crippen LogP contribution in [0.15, 0.2) is 89.8 Å². The van der Waals surface area contributed by atoms with Crippen molar-refractivity contribution in [2.75, 3.05) is 18.0 Å². The van der Waals surface area contributed by atoms with E-state index in [0.717, 1.165) is 9.87 Å². The first-order chi connectivity index (χ1) is 15.2. The SMILES string of the molecule is COc1ccccc1N(CC(=O)NC(C)(C)Cc1ccccc1)S(=O)(=O)c1ccccc1. The van der Waals surface area contributed by atoms with Crippen molar-refractivity contribution in [3.63, 3.8) is 0 Å². The molecule has 0 radical (unpaired) electrons. The van der Waals surface area contributed by atoms with Crippen molar-refractivity contribution in [1.82, 2.24) is 5.32 Å². The van der Waals surface area contributed by atoms with Gasteiger partial charge in [0.25, 0.3) is 10.0 Å². The number of hydrogen-bond acceptors (Lipinski definition) is 4. The van der Waals surface area contributed by atoms with Crippen LogP contribution >= 0.6 is 0 Å². The molecule has 0 atom stereocenters. The molecule has 32 heavy (non-hydrogen) atoms. The average Bonchev–Trinajstić information content (AvgIpc) is 2.78. The molecular weight excluding hydrogens is 424 g/mol. The Morgan fingerprint density at radius 2 is 1.47 bits per heavy atom. The predicted molar refractivity (Wildman–Crippen MR) is 126 cm³/mol. The van der Waals surface area contributed by atoms with Gasteiger partial charge in [-0.2, -0.15) is 0 Å². The van der Waals surface area contributed by atoms with Crippen molar-refractivity contribution in [1.29, 1.82) is 0 Å². The summed E-state index contributed by atoms with van der Waals surface area (Å²) < 4.78 is 33.4. The maximum Gasteiger partial charge on any atom is 0.264 e. The summed E-state index contributed by atoms with van der Waals surface area (Å²) in [5, 5.41) is 2.98. The highest BCUT2D eigenvalue weighted by atomic mass is 32.2. The minimum atomic E-state index is -4.00. The molecule has 168 valence electrons. The highest BCUT2D eigenvalue weighted by Crippen LogP contribution is 2.32. The fraction of sp³-hybridized carbons (Fsp3) is 0.240. The summed E-state index contributed by atoms with van der Waals surface area (Å²) in [6, 6.07) is 24.6. The number of hydrogen-bond donors (Lipinski definition) is 1. The maximum absolute atomic E-state index is 13.5. The Balaban J connectivity index is 1.90. The molecule has 0 saturated heterocycles. The van der Waals surface area contributed by atoms with Gasteiger partial charge in [-0.1, -0.05) is 60.7 Å². The van der Waals surface area contributed by atoms with Crippen LogP contribution in [0.2, 0.25) is 0 Å². The topological polar surface area (TPSA) is 75.7 Å². The molecular formula is C25H28N2O4S. The van der Waals surface area contributed by atoms with Gasteiger partial charge in [0, 0.05) is 5.54 Å². The number of amides is 1. The summed E-state index contributed by atoms with van der Waals surface area (Å²) in [5.41, 5.74) is 0.813. The number of carbonyl (C=O) groups is 1. The van der Waals surface area contributed by atoms with Crippen molar-refractivity contribution in [3.05, 3.63) is 90.5 Å². The lowest BCUT2D eigenvalue weighted by Gasteiger charge is -2.30. The van der Waals surface area contributed by atoms with Gasteiger partial charge in [-0.25, -0.2) is 8.42 Å². The summed E-state index contributed by atoms with van der Waals surface area (Å²) >= 11 is 0. The molecule has 1 amide bonds. The molecule has 3 rings (SSSR count). The van der Waals surface area contributed by atoms with Crippen LogP contribution in [-0.2, 0) is 21.2 Å². The molecule has 0 aromatic heterocycles. The molecule has 0 heterocycles. The largest absolute Gasteiger partial charge is 0.495 e. The highest BCUT2D eigenvalue weighted by molar-refractivity contribution is 7.92. The van der Waals surface area contributed by atoms with Gasteiger partial charge in [0.15, 0.2) is 0 Å². The van der Waals surface area contributed by atoms with Crippen LogP contribution in [0.3, 0.4) is 0 Å². The highest BCUT2D eigenvalue weighted by Gasteiger charge is 2.31. The molecule has 0 bridgehead atoms. The lowest BCUT2D eigenvalue weighted by atomic mass is 9.95. The molecule has 0 fully saturated rings. The normalized spacial score (nSPS) is 11.6. The van der Waals surface area contributed by atoms with E-state index in [1.54, 1.807) is 42.5 Å². The lowest BCUT2D eigenvalue weighted by Crippen LogP contribution is -2.50. The fourth-order valence-electron chi connectivity index (χ4n) is 3.55. The molecule has 3 aromatic carbocycles. The van der Waals surface area contributed by atoms with Crippen LogP contribution in [0.4, 0.5) is 5.69 Å². The van der Waals surface area contributed by atoms with Crippen LogP contribution in [0.5, 0.6) is 5.75 Å². The van der Waals surface area contributed by atoms with Crippen molar-refractivity contribution in [3.8, 4) is 5.75 Å². The maximum atomic E-state index is 13.5. The average molecular weight is 453 g/mol. The van der Waals surface area contributed by atoms with Gasteiger partial charge in [0.1, 0.15) is 12.3 Å². The number of para-hydroxylation sites is 2. The van der Waals surface area contributed by atoms with Crippen LogP contribution in [0.1, 0.15) is 19.4 Å². The zero-order valence-corrected chi connectivity index (χ0v) is 19.3. The van der Waals surface area contributed by atoms with Crippen LogP contribution in [0.25, 0.3) is 0 Å². The third kappa shape index (κ3) is 5.68. The fourth-order valence-corrected chi connectivity index (χ4v) is 5.01. The molecule has 3 aromatic rings. The Labute approximate surface area is 189 Å². The van der Waals surface area contributed by atoms with E-state index in [0.29, 0.717) is 17.9 Å². The molecule has 0 aliphatic carbocycles. The monoisotopic (exact) mass is 452 g/mol. The Morgan fingerprint density at radius 3 is 2.09 bits per heavy atom. The first-order valence-corrected chi connectivity index (χ1v) is 11.7. The molecule has 0 saturated carbocycles. The molecule has 7 heteroatoms. The Kier molecular flexibility index (Phi) is 7.20. The van der Waals surface area contributed by atoms with E-state index in [1.807, 2.05) is 44.2 Å². The molecule has 6 nitrogen and oxygen atoms in total. The number of benzene rings is 3. The van der Waals surface area contributed by atoms with Gasteiger partial charge in [-0.3, -0.25) is 9.10 Å². The minimum Gasteiger partial charge on any atom is -0.495 e. The van der Waals surface area contributed by atoms with E-state index in [9.17, 15) is 13.2 Å². The van der Waals surface area contributed by atoms with Gasteiger partial charge in [0.05, 0.1) is 17.7 Å². The van der Waals surface area contributed by atoms with E-state index in [1.165, 1.54) is 19.2 Å². The van der Waals surface area contributed by atoms with Crippen molar-refractivity contribution < 1.29 is 17.9 Å². The quantitative estimate of drug-likeness (QED) is 0.532. The first-order valence-electron chi connectivity index (χ1n) is 10.3. The Bertz CT molecular complexity index is 1150. The van der Waals surface area contributed by atoms with E-state index < -0.39 is 21.5 Å². The van der Waals surface area contributed by atoms with Crippen molar-refractivity contribution in [2.45, 2.75) is 30.7 Å². The Morgan fingerprint density at radius 1 is 0.906 bits per heavy atom. The van der Waals surface area contributed by atoms with Crippen LogP contribution < -0.4 is 14.4 Å². The molecule has 0 spiro atoms. The molecule has 1 N–H and O–H groups in total. The summed E-state index contributed by atoms with van der Waals surface area (Å²) in [6.45, 7) is 3.45. The number of nitrogens with zero attached hydrogens (tertiary/aromatic N) is 1. The van der Waals surface area contributed by atoms with Gasteiger partial charge in [-0.15, -0.1) is 0 Å². The second-order valence-corrected chi connectivity index (χ2v) is 9.95. The number of carbonyl (C=O) groups excluding carboxylic acids is 1. The van der Waals surface area contributed by atoms with Gasteiger partial charge >= 0.3 is 0 Å². The van der Waals surface area contributed by atoms with Crippen molar-refractivity contribution in [2.24, 2.45) is 0 Å². The number of methoxy groups -OCH3 is 1. The standard InChI is InChI=1S/C25H28N2O4S/c1-25(2,18-20-12-6-4-7-13-20)26-24(28)19-27(22-16-10-11-17-23(22)31-3)32(29,30)21-14-8-5-9-15-21/h4-17H,18-19H2,1-3H3,(H,26,28). The molecule has 0 unspecified atom stereocenters. The van der Waals surface area contributed by atoms with Gasteiger partial charge in [0.2, 0.25) is 5.91 Å². The predicted octanol–water partition coefficient (Wildman–Crippen LogP) is 4.03. The summed E-state index contributed by atoms with van der Waals surface area (Å²) in [7, 11) is -2.54. The number of nitrogens with one attached hydrogen (secondary N) is 1. The number of ether oxygens (including phenoxy) is 1. The lowest BCUT2D eigenvalue weighted by molar-refractivity contribution is -0.121. The number of sulfonamides is 1. The molecule has 0 aliphatic rings. The first kappa shape index (κ1) is 23.3. The smallest absolute Gasteiger partial charge is 0.264 e. The third-order valence-electron chi connectivity index (χ3n) is 4.94. The summed E-state index contributed by atoms with van der Waals surface area (Å²) in [5.74, 6) is -0.0419. The number of rotatable bonds is 9. The van der Waals surface area contributed by atoms with Crippen molar-refractivity contribution >= 4 is 21.6 Å². The Hall–Kier alpha value is -3.32. The van der Waals surface area contributed by atoms with E-state index in [2.05, 4.69) is 5.32 Å². The van der Waals surface area contributed by atoms with Gasteiger partial charge in [-0.05, 0) is 50.1 Å².